The van der Waals surface area contributed by atoms with Crippen LogP contribution in [0.25, 0.3) is 0 Å². The Balaban J connectivity index is 3.88. The maximum atomic E-state index is 11.4. The second-order valence-electron chi connectivity index (χ2n) is 6.27. The van der Waals surface area contributed by atoms with Crippen LogP contribution in [0.2, 0.25) is 0 Å². The van der Waals surface area contributed by atoms with Crippen molar-refractivity contribution in [2.75, 3.05) is 23.0 Å². The van der Waals surface area contributed by atoms with Gasteiger partial charge in [-0.2, -0.15) is 11.8 Å². The van der Waals surface area contributed by atoms with Crippen molar-refractivity contribution in [2.45, 2.75) is 60.3 Å². The molecule has 0 bridgehead atoms. The zero-order chi connectivity index (χ0) is 17.7. The van der Waals surface area contributed by atoms with Crippen LogP contribution >= 0.6 is 11.8 Å². The fourth-order valence-electron chi connectivity index (χ4n) is 1.95. The number of hydrogen-bond donors (Lipinski definition) is 0. The lowest BCUT2D eigenvalue weighted by Crippen LogP contribution is -2.10. The van der Waals surface area contributed by atoms with Crippen LogP contribution in [-0.2, 0) is 9.84 Å². The van der Waals surface area contributed by atoms with Crippen LogP contribution in [-0.4, -0.2) is 31.4 Å². The third-order valence-electron chi connectivity index (χ3n) is 3.65. The largest absolute Gasteiger partial charge is 0.229 e. The van der Waals surface area contributed by atoms with Gasteiger partial charge in [-0.15, -0.1) is 0 Å². The van der Waals surface area contributed by atoms with Gasteiger partial charge in [-0.25, -0.2) is 8.42 Å². The van der Waals surface area contributed by atoms with E-state index in [1.807, 2.05) is 0 Å². The van der Waals surface area contributed by atoms with Crippen LogP contribution in [0.15, 0.2) is 34.9 Å². The molecule has 0 atom stereocenters. The van der Waals surface area contributed by atoms with Crippen LogP contribution in [0, 0.1) is 0 Å². The highest BCUT2D eigenvalue weighted by atomic mass is 32.2. The summed E-state index contributed by atoms with van der Waals surface area (Å²) >= 11 is 1.70. The molecule has 2 nitrogen and oxygen atoms in total. The van der Waals surface area contributed by atoms with Crippen molar-refractivity contribution in [3.8, 4) is 0 Å². The Bertz CT molecular complexity index is 507. The summed E-state index contributed by atoms with van der Waals surface area (Å²) in [4.78, 5) is 0. The summed E-state index contributed by atoms with van der Waals surface area (Å²) in [7, 11) is -2.81. The molecule has 0 aliphatic heterocycles. The minimum Gasteiger partial charge on any atom is -0.229 e. The Morgan fingerprint density at radius 2 is 1.48 bits per heavy atom. The van der Waals surface area contributed by atoms with E-state index in [4.69, 9.17) is 0 Å². The third kappa shape index (κ3) is 14.8. The van der Waals surface area contributed by atoms with Crippen LogP contribution in [0.3, 0.4) is 0 Å². The first-order chi connectivity index (χ1) is 10.8. The molecule has 134 valence electrons. The van der Waals surface area contributed by atoms with E-state index < -0.39 is 9.84 Å². The van der Waals surface area contributed by atoms with Crippen LogP contribution in [0.4, 0.5) is 0 Å². The molecule has 0 rings (SSSR count). The van der Waals surface area contributed by atoms with E-state index >= 15 is 0 Å². The fraction of sp³-hybridized carbons (Fsp3) is 0.684. The lowest BCUT2D eigenvalue weighted by atomic mass is 10.1. The highest BCUT2D eigenvalue weighted by molar-refractivity contribution is 8.00. The van der Waals surface area contributed by atoms with Crippen molar-refractivity contribution in [2.24, 2.45) is 0 Å². The highest BCUT2D eigenvalue weighted by Gasteiger charge is 2.05. The molecule has 0 saturated heterocycles. The van der Waals surface area contributed by atoms with Gasteiger partial charge in [0.15, 0.2) is 9.84 Å². The second-order valence-corrected chi connectivity index (χ2v) is 9.89. The zero-order valence-corrected chi connectivity index (χ0v) is 17.2. The average molecular weight is 359 g/mol. The minimum atomic E-state index is -2.81. The molecule has 0 N–H and O–H groups in total. The van der Waals surface area contributed by atoms with Gasteiger partial charge >= 0.3 is 0 Å². The summed E-state index contributed by atoms with van der Waals surface area (Å²) in [5.41, 5.74) is 4.25. The van der Waals surface area contributed by atoms with Gasteiger partial charge in [-0.1, -0.05) is 41.9 Å². The van der Waals surface area contributed by atoms with Gasteiger partial charge in [0.2, 0.25) is 0 Å². The quantitative estimate of drug-likeness (QED) is 0.338. The van der Waals surface area contributed by atoms with E-state index in [0.29, 0.717) is 11.5 Å². The molecule has 0 aromatic rings. The monoisotopic (exact) mass is 358 g/mol. The first-order valence-corrected chi connectivity index (χ1v) is 11.5. The molecule has 0 aliphatic carbocycles. The molecule has 0 unspecified atom stereocenters. The summed E-state index contributed by atoms with van der Waals surface area (Å²) in [5.74, 6) is 2.16. The number of thioether (sulfide) groups is 1. The molecular formula is C19H34O2S2. The smallest absolute Gasteiger partial charge is 0.150 e. The van der Waals surface area contributed by atoms with E-state index in [1.165, 1.54) is 16.7 Å². The Hall–Kier alpha value is -0.480. The number of rotatable bonds is 12. The van der Waals surface area contributed by atoms with E-state index in [-0.39, 0.29) is 5.75 Å². The number of sulfone groups is 1. The molecule has 4 heteroatoms. The Morgan fingerprint density at radius 3 is 2.04 bits per heavy atom. The molecule has 0 heterocycles. The predicted molar refractivity (Wildman–Crippen MR) is 107 cm³/mol. The first kappa shape index (κ1) is 22.5. The van der Waals surface area contributed by atoms with Crippen molar-refractivity contribution in [3.63, 3.8) is 0 Å². The summed E-state index contributed by atoms with van der Waals surface area (Å²) in [6, 6.07) is 0. The van der Waals surface area contributed by atoms with Gasteiger partial charge in [-0.3, -0.25) is 0 Å². The van der Waals surface area contributed by atoms with Crippen molar-refractivity contribution >= 4 is 21.6 Å². The third-order valence-corrected chi connectivity index (χ3v) is 6.51. The standard InChI is InChI=1S/C19H34O2S2/c1-6-23(20,21)16-15-22-14-13-19(5)12-8-11-18(4)10-7-9-17(2)3/h9,11,13H,6-8,10,12,14-16H2,1-5H3/b18-11+,19-13+. The van der Waals surface area contributed by atoms with Crippen LogP contribution in [0.5, 0.6) is 0 Å². The van der Waals surface area contributed by atoms with Crippen molar-refractivity contribution in [1.82, 2.24) is 0 Å². The van der Waals surface area contributed by atoms with E-state index in [2.05, 4.69) is 45.9 Å². The van der Waals surface area contributed by atoms with E-state index in [9.17, 15) is 8.42 Å². The summed E-state index contributed by atoms with van der Waals surface area (Å²) in [5, 5.41) is 0. The number of allylic oxidation sites excluding steroid dienone is 5. The molecule has 0 radical (unpaired) electrons. The molecular weight excluding hydrogens is 324 g/mol. The summed E-state index contributed by atoms with van der Waals surface area (Å²) in [6.45, 7) is 10.4. The molecule has 0 saturated carbocycles. The van der Waals surface area contributed by atoms with E-state index in [1.54, 1.807) is 18.7 Å². The molecule has 0 amide bonds. The van der Waals surface area contributed by atoms with Gasteiger partial charge in [0.25, 0.3) is 0 Å². The molecule has 0 spiro atoms. The molecule has 0 aromatic carbocycles. The minimum absolute atomic E-state index is 0.252. The SMILES string of the molecule is CCS(=O)(=O)CCSC/C=C(\C)CC/C=C(\C)CCC=C(C)C. The molecule has 0 aromatic heterocycles. The van der Waals surface area contributed by atoms with Gasteiger partial charge in [0.1, 0.15) is 0 Å². The lowest BCUT2D eigenvalue weighted by Gasteiger charge is -2.02. The lowest BCUT2D eigenvalue weighted by molar-refractivity contribution is 0.599. The predicted octanol–water partition coefficient (Wildman–Crippen LogP) is 5.57. The van der Waals surface area contributed by atoms with Gasteiger partial charge in [0, 0.05) is 17.3 Å². The molecule has 23 heavy (non-hydrogen) atoms. The van der Waals surface area contributed by atoms with Gasteiger partial charge in [-0.05, 0) is 53.4 Å². The Morgan fingerprint density at radius 1 is 0.913 bits per heavy atom. The maximum Gasteiger partial charge on any atom is 0.150 e. The zero-order valence-electron chi connectivity index (χ0n) is 15.5. The van der Waals surface area contributed by atoms with Gasteiger partial charge < -0.3 is 0 Å². The van der Waals surface area contributed by atoms with Crippen molar-refractivity contribution in [3.05, 3.63) is 34.9 Å². The molecule has 0 fully saturated rings. The van der Waals surface area contributed by atoms with Crippen molar-refractivity contribution in [1.29, 1.82) is 0 Å². The van der Waals surface area contributed by atoms with E-state index in [0.717, 1.165) is 31.4 Å². The topological polar surface area (TPSA) is 34.1 Å². The maximum absolute atomic E-state index is 11.4. The summed E-state index contributed by atoms with van der Waals surface area (Å²) in [6.07, 6.45) is 11.3. The Labute approximate surface area is 148 Å². The highest BCUT2D eigenvalue weighted by Crippen LogP contribution is 2.12. The first-order valence-electron chi connectivity index (χ1n) is 8.49. The van der Waals surface area contributed by atoms with Crippen LogP contribution in [0.1, 0.15) is 60.3 Å². The second kappa shape index (κ2) is 12.9. The normalized spacial score (nSPS) is 13.3. The van der Waals surface area contributed by atoms with Crippen LogP contribution < -0.4 is 0 Å². The van der Waals surface area contributed by atoms with Gasteiger partial charge in [0.05, 0.1) is 5.75 Å². The Kier molecular flexibility index (Phi) is 12.6. The van der Waals surface area contributed by atoms with Crippen molar-refractivity contribution < 1.29 is 8.42 Å². The summed E-state index contributed by atoms with van der Waals surface area (Å²) < 4.78 is 22.7. The molecule has 0 aliphatic rings. The fourth-order valence-corrected chi connectivity index (χ4v) is 4.30. The number of hydrogen-bond acceptors (Lipinski definition) is 3. The average Bonchev–Trinajstić information content (AvgIpc) is 2.46.